The van der Waals surface area contributed by atoms with Crippen LogP contribution in [-0.2, 0) is 0 Å². The van der Waals surface area contributed by atoms with Gasteiger partial charge in [0.25, 0.3) is 0 Å². The fourth-order valence-corrected chi connectivity index (χ4v) is 2.09. The summed E-state index contributed by atoms with van der Waals surface area (Å²) in [6.45, 7) is 2.92. The standard InChI is InChI=1S/C8H11N3S/c1-6-3-4-7(12-6)8-10-9-5-11(8)2/h3-4,9H,5H2,1-2H3. The highest BCUT2D eigenvalue weighted by Crippen LogP contribution is 2.18. The first kappa shape index (κ1) is 7.61. The van der Waals surface area contributed by atoms with Crippen LogP contribution in [0.3, 0.4) is 0 Å². The molecule has 4 heteroatoms. The van der Waals surface area contributed by atoms with Gasteiger partial charge in [-0.25, -0.2) is 0 Å². The van der Waals surface area contributed by atoms with Crippen LogP contribution in [0.5, 0.6) is 0 Å². The molecule has 1 aliphatic heterocycles. The first-order chi connectivity index (χ1) is 5.77. The number of thiophene rings is 1. The Morgan fingerprint density at radius 3 is 2.92 bits per heavy atom. The van der Waals surface area contributed by atoms with Crippen LogP contribution >= 0.6 is 11.3 Å². The van der Waals surface area contributed by atoms with Gasteiger partial charge in [-0.1, -0.05) is 0 Å². The Morgan fingerprint density at radius 1 is 1.58 bits per heavy atom. The van der Waals surface area contributed by atoms with Crippen LogP contribution in [0, 0.1) is 6.92 Å². The topological polar surface area (TPSA) is 27.6 Å². The van der Waals surface area contributed by atoms with Gasteiger partial charge >= 0.3 is 0 Å². The average molecular weight is 181 g/mol. The Morgan fingerprint density at radius 2 is 2.42 bits per heavy atom. The number of nitrogens with zero attached hydrogens (tertiary/aromatic N) is 2. The Bertz CT molecular complexity index is 316. The quantitative estimate of drug-likeness (QED) is 0.705. The molecule has 2 rings (SSSR count). The molecule has 0 unspecified atom stereocenters. The van der Waals surface area contributed by atoms with Crippen LogP contribution in [0.4, 0.5) is 0 Å². The monoisotopic (exact) mass is 181 g/mol. The molecular weight excluding hydrogens is 170 g/mol. The van der Waals surface area contributed by atoms with Gasteiger partial charge in [0.15, 0.2) is 5.84 Å². The molecule has 0 radical (unpaired) electrons. The van der Waals surface area contributed by atoms with Crippen molar-refractivity contribution in [3.8, 4) is 0 Å². The first-order valence-corrected chi connectivity index (χ1v) is 4.67. The highest BCUT2D eigenvalue weighted by atomic mass is 32.1. The Hall–Kier alpha value is -1.03. The highest BCUT2D eigenvalue weighted by Gasteiger charge is 2.15. The van der Waals surface area contributed by atoms with Gasteiger partial charge in [0.2, 0.25) is 0 Å². The van der Waals surface area contributed by atoms with E-state index in [1.165, 1.54) is 9.75 Å². The lowest BCUT2D eigenvalue weighted by Crippen LogP contribution is -2.24. The molecule has 0 fully saturated rings. The molecule has 1 N–H and O–H groups in total. The summed E-state index contributed by atoms with van der Waals surface area (Å²) >= 11 is 1.78. The number of hydrogen-bond donors (Lipinski definition) is 1. The van der Waals surface area contributed by atoms with Gasteiger partial charge in [0.1, 0.15) is 6.67 Å². The molecule has 0 atom stereocenters. The Kier molecular flexibility index (Phi) is 1.77. The van der Waals surface area contributed by atoms with Gasteiger partial charge in [0.05, 0.1) is 4.88 Å². The molecule has 0 aliphatic carbocycles. The number of amidine groups is 1. The maximum atomic E-state index is 4.20. The molecular formula is C8H11N3S. The van der Waals surface area contributed by atoms with E-state index >= 15 is 0 Å². The molecule has 0 aromatic carbocycles. The number of nitrogens with one attached hydrogen (secondary N) is 1. The zero-order valence-corrected chi connectivity index (χ0v) is 7.98. The molecule has 1 aliphatic rings. The SMILES string of the molecule is Cc1ccc(C2=NNCN2C)s1. The number of rotatable bonds is 1. The van der Waals surface area contributed by atoms with Crippen molar-refractivity contribution in [3.05, 3.63) is 21.9 Å². The van der Waals surface area contributed by atoms with E-state index in [4.69, 9.17) is 0 Å². The summed E-state index contributed by atoms with van der Waals surface area (Å²) < 4.78 is 0. The van der Waals surface area contributed by atoms with Crippen LogP contribution in [0.25, 0.3) is 0 Å². The lowest BCUT2D eigenvalue weighted by molar-refractivity contribution is 0.507. The van der Waals surface area contributed by atoms with Crippen molar-refractivity contribution in [1.82, 2.24) is 10.3 Å². The van der Waals surface area contributed by atoms with Crippen molar-refractivity contribution in [2.24, 2.45) is 5.10 Å². The third kappa shape index (κ3) is 1.18. The normalized spacial score (nSPS) is 16.2. The summed E-state index contributed by atoms with van der Waals surface area (Å²) in [5.74, 6) is 1.05. The maximum absolute atomic E-state index is 4.20. The van der Waals surface area contributed by atoms with Crippen molar-refractivity contribution >= 4 is 17.2 Å². The van der Waals surface area contributed by atoms with Gasteiger partial charge in [-0.05, 0) is 19.1 Å². The number of hydrazone groups is 1. The maximum Gasteiger partial charge on any atom is 0.167 e. The van der Waals surface area contributed by atoms with Crippen molar-refractivity contribution in [3.63, 3.8) is 0 Å². The van der Waals surface area contributed by atoms with Crippen LogP contribution < -0.4 is 5.43 Å². The molecule has 0 saturated carbocycles. The molecule has 1 aromatic rings. The average Bonchev–Trinajstić information content (AvgIpc) is 2.58. The number of aryl methyl sites for hydroxylation is 1. The minimum Gasteiger partial charge on any atom is -0.338 e. The second kappa shape index (κ2) is 2.79. The second-order valence-electron chi connectivity index (χ2n) is 2.86. The van der Waals surface area contributed by atoms with Gasteiger partial charge in [-0.15, -0.1) is 11.3 Å². The summed E-state index contributed by atoms with van der Waals surface area (Å²) in [5.41, 5.74) is 2.95. The van der Waals surface area contributed by atoms with E-state index in [9.17, 15) is 0 Å². The third-order valence-corrected chi connectivity index (χ3v) is 2.81. The fraction of sp³-hybridized carbons (Fsp3) is 0.375. The van der Waals surface area contributed by atoms with Crippen molar-refractivity contribution < 1.29 is 0 Å². The van der Waals surface area contributed by atoms with Gasteiger partial charge in [-0.2, -0.15) is 5.10 Å². The summed E-state index contributed by atoms with van der Waals surface area (Å²) in [4.78, 5) is 4.67. The molecule has 1 aromatic heterocycles. The summed E-state index contributed by atoms with van der Waals surface area (Å²) in [5, 5.41) is 4.20. The van der Waals surface area contributed by atoms with Crippen molar-refractivity contribution in [1.29, 1.82) is 0 Å². The smallest absolute Gasteiger partial charge is 0.167 e. The van der Waals surface area contributed by atoms with Crippen LogP contribution in [0.1, 0.15) is 9.75 Å². The minimum absolute atomic E-state index is 0.812. The molecule has 12 heavy (non-hydrogen) atoms. The summed E-state index contributed by atoms with van der Waals surface area (Å²) in [7, 11) is 2.04. The molecule has 0 bridgehead atoms. The highest BCUT2D eigenvalue weighted by molar-refractivity contribution is 7.14. The van der Waals surface area contributed by atoms with E-state index in [0.29, 0.717) is 0 Å². The summed E-state index contributed by atoms with van der Waals surface area (Å²) in [6, 6.07) is 4.23. The number of hydrogen-bond acceptors (Lipinski definition) is 4. The Labute approximate surface area is 75.7 Å². The van der Waals surface area contributed by atoms with Gasteiger partial charge in [-0.3, -0.25) is 5.43 Å². The molecule has 0 amide bonds. The van der Waals surface area contributed by atoms with E-state index in [-0.39, 0.29) is 0 Å². The molecule has 64 valence electrons. The first-order valence-electron chi connectivity index (χ1n) is 3.86. The molecule has 2 heterocycles. The minimum atomic E-state index is 0.812. The van der Waals surface area contributed by atoms with Crippen molar-refractivity contribution in [2.45, 2.75) is 6.92 Å². The van der Waals surface area contributed by atoms with Gasteiger partial charge in [0, 0.05) is 11.9 Å². The fourth-order valence-electron chi connectivity index (χ4n) is 1.17. The van der Waals surface area contributed by atoms with E-state index in [0.717, 1.165) is 12.5 Å². The van der Waals surface area contributed by atoms with E-state index < -0.39 is 0 Å². The van der Waals surface area contributed by atoms with Crippen LogP contribution in [0.15, 0.2) is 17.2 Å². The lowest BCUT2D eigenvalue weighted by atomic mass is 10.4. The van der Waals surface area contributed by atoms with Crippen LogP contribution in [-0.4, -0.2) is 24.5 Å². The van der Waals surface area contributed by atoms with Crippen LogP contribution in [0.2, 0.25) is 0 Å². The third-order valence-electron chi connectivity index (χ3n) is 1.82. The molecule has 3 nitrogen and oxygen atoms in total. The lowest BCUT2D eigenvalue weighted by Gasteiger charge is -2.09. The second-order valence-corrected chi connectivity index (χ2v) is 4.15. The van der Waals surface area contributed by atoms with E-state index in [2.05, 4.69) is 34.5 Å². The summed E-state index contributed by atoms with van der Waals surface area (Å²) in [6.07, 6.45) is 0. The molecule has 0 spiro atoms. The van der Waals surface area contributed by atoms with E-state index in [1.807, 2.05) is 7.05 Å². The zero-order chi connectivity index (χ0) is 8.55. The zero-order valence-electron chi connectivity index (χ0n) is 7.16. The predicted octanol–water partition coefficient (Wildman–Crippen LogP) is 1.21. The Balaban J connectivity index is 2.30. The largest absolute Gasteiger partial charge is 0.338 e. The van der Waals surface area contributed by atoms with E-state index in [1.54, 1.807) is 11.3 Å². The predicted molar refractivity (Wildman–Crippen MR) is 51.4 cm³/mol. The molecule has 0 saturated heterocycles. The van der Waals surface area contributed by atoms with Gasteiger partial charge < -0.3 is 4.90 Å². The van der Waals surface area contributed by atoms with Crippen molar-refractivity contribution in [2.75, 3.05) is 13.7 Å².